The van der Waals surface area contributed by atoms with Crippen molar-refractivity contribution in [1.82, 2.24) is 0 Å². The van der Waals surface area contributed by atoms with Crippen LogP contribution in [0.1, 0.15) is 26.3 Å². The zero-order chi connectivity index (χ0) is 18.4. The van der Waals surface area contributed by atoms with Crippen LogP contribution in [-0.2, 0) is 6.42 Å². The molecule has 0 amide bonds. The van der Waals surface area contributed by atoms with Gasteiger partial charge in [0.1, 0.15) is 11.5 Å². The fraction of sp³-hybridized carbons (Fsp3) is 0.0909. The number of para-hydroxylation sites is 1. The molecule has 3 rings (SSSR count). The first-order valence-electron chi connectivity index (χ1n) is 8.20. The van der Waals surface area contributed by atoms with Gasteiger partial charge in [-0.25, -0.2) is 4.79 Å². The van der Waals surface area contributed by atoms with Gasteiger partial charge in [-0.2, -0.15) is 0 Å². The smallest absolute Gasteiger partial charge is 0.343 e. The molecular formula is C22H18O4. The molecule has 0 aliphatic heterocycles. The van der Waals surface area contributed by atoms with Gasteiger partial charge in [0.25, 0.3) is 0 Å². The standard InChI is InChI=1S/C22H18O4/c1-25-18-13-11-17(12-14-18)22(24)26-21-10-6-5-9-19(21)20(23)15-16-7-3-2-4-8-16/h2-14H,15H2,1H3. The van der Waals surface area contributed by atoms with Crippen molar-refractivity contribution in [2.75, 3.05) is 7.11 Å². The summed E-state index contributed by atoms with van der Waals surface area (Å²) in [4.78, 5) is 25.0. The van der Waals surface area contributed by atoms with Gasteiger partial charge >= 0.3 is 5.97 Å². The second-order valence-electron chi connectivity index (χ2n) is 5.70. The lowest BCUT2D eigenvalue weighted by Gasteiger charge is -2.10. The Morgan fingerprint density at radius 1 is 0.808 bits per heavy atom. The molecule has 26 heavy (non-hydrogen) atoms. The topological polar surface area (TPSA) is 52.6 Å². The van der Waals surface area contributed by atoms with Crippen LogP contribution in [0, 0.1) is 0 Å². The minimum Gasteiger partial charge on any atom is -0.497 e. The van der Waals surface area contributed by atoms with E-state index in [0.717, 1.165) is 5.56 Å². The van der Waals surface area contributed by atoms with Crippen LogP contribution in [0.25, 0.3) is 0 Å². The van der Waals surface area contributed by atoms with Gasteiger partial charge in [-0.3, -0.25) is 4.79 Å². The maximum Gasteiger partial charge on any atom is 0.343 e. The van der Waals surface area contributed by atoms with E-state index in [9.17, 15) is 9.59 Å². The molecule has 3 aromatic carbocycles. The van der Waals surface area contributed by atoms with Crippen LogP contribution in [0.5, 0.6) is 11.5 Å². The van der Waals surface area contributed by atoms with E-state index < -0.39 is 5.97 Å². The fourth-order valence-corrected chi connectivity index (χ4v) is 2.55. The summed E-state index contributed by atoms with van der Waals surface area (Å²) in [6, 6.07) is 22.8. The highest BCUT2D eigenvalue weighted by Gasteiger charge is 2.16. The molecule has 0 bridgehead atoms. The van der Waals surface area contributed by atoms with E-state index >= 15 is 0 Å². The molecule has 4 nitrogen and oxygen atoms in total. The lowest BCUT2D eigenvalue weighted by atomic mass is 10.0. The number of rotatable bonds is 6. The van der Waals surface area contributed by atoms with Crippen molar-refractivity contribution in [3.05, 3.63) is 95.6 Å². The summed E-state index contributed by atoms with van der Waals surface area (Å²) in [5.74, 6) is 0.288. The van der Waals surface area contributed by atoms with Crippen LogP contribution in [0.4, 0.5) is 0 Å². The molecule has 3 aromatic rings. The van der Waals surface area contributed by atoms with Crippen molar-refractivity contribution in [2.45, 2.75) is 6.42 Å². The molecule has 0 N–H and O–H groups in total. The van der Waals surface area contributed by atoms with Gasteiger partial charge in [-0.1, -0.05) is 42.5 Å². The fourth-order valence-electron chi connectivity index (χ4n) is 2.55. The van der Waals surface area contributed by atoms with Gasteiger partial charge in [0, 0.05) is 6.42 Å². The number of ether oxygens (including phenoxy) is 2. The third-order valence-electron chi connectivity index (χ3n) is 3.92. The second kappa shape index (κ2) is 8.12. The zero-order valence-corrected chi connectivity index (χ0v) is 14.3. The maximum absolute atomic E-state index is 12.6. The summed E-state index contributed by atoms with van der Waals surface area (Å²) >= 11 is 0. The van der Waals surface area contributed by atoms with Crippen LogP contribution in [0.3, 0.4) is 0 Å². The Bertz CT molecular complexity index is 899. The molecule has 4 heteroatoms. The molecule has 130 valence electrons. The van der Waals surface area contributed by atoms with Crippen molar-refractivity contribution in [1.29, 1.82) is 0 Å². The van der Waals surface area contributed by atoms with Crippen LogP contribution >= 0.6 is 0 Å². The van der Waals surface area contributed by atoms with E-state index in [1.165, 1.54) is 0 Å². The van der Waals surface area contributed by atoms with Crippen molar-refractivity contribution in [3.8, 4) is 11.5 Å². The molecule has 0 atom stereocenters. The summed E-state index contributed by atoms with van der Waals surface area (Å²) in [7, 11) is 1.56. The average molecular weight is 346 g/mol. The lowest BCUT2D eigenvalue weighted by molar-refractivity contribution is 0.0732. The largest absolute Gasteiger partial charge is 0.497 e. The van der Waals surface area contributed by atoms with E-state index in [4.69, 9.17) is 9.47 Å². The first-order valence-corrected chi connectivity index (χ1v) is 8.20. The molecule has 0 aromatic heterocycles. The summed E-state index contributed by atoms with van der Waals surface area (Å²) in [6.45, 7) is 0. The number of hydrogen-bond acceptors (Lipinski definition) is 4. The number of ketones is 1. The highest BCUT2D eigenvalue weighted by molar-refractivity contribution is 6.01. The van der Waals surface area contributed by atoms with Crippen LogP contribution in [-0.4, -0.2) is 18.9 Å². The number of methoxy groups -OCH3 is 1. The number of esters is 1. The quantitative estimate of drug-likeness (QED) is 0.378. The SMILES string of the molecule is COc1ccc(C(=O)Oc2ccccc2C(=O)Cc2ccccc2)cc1. The normalized spacial score (nSPS) is 10.2. The van der Waals surface area contributed by atoms with Crippen molar-refractivity contribution in [3.63, 3.8) is 0 Å². The third kappa shape index (κ3) is 4.16. The Morgan fingerprint density at radius 2 is 1.46 bits per heavy atom. The Kier molecular flexibility index (Phi) is 5.44. The number of Topliss-reactive ketones (excluding diaryl/α,β-unsaturated/α-hetero) is 1. The number of hydrogen-bond donors (Lipinski definition) is 0. The maximum atomic E-state index is 12.6. The Labute approximate surface area is 152 Å². The Balaban J connectivity index is 1.78. The average Bonchev–Trinajstić information content (AvgIpc) is 2.69. The molecule has 0 heterocycles. The molecule has 0 unspecified atom stereocenters. The molecule has 0 radical (unpaired) electrons. The molecule has 0 fully saturated rings. The van der Waals surface area contributed by atoms with Crippen LogP contribution in [0.2, 0.25) is 0 Å². The number of carbonyl (C=O) groups excluding carboxylic acids is 2. The van der Waals surface area contributed by atoms with Crippen molar-refractivity contribution >= 4 is 11.8 Å². The summed E-state index contributed by atoms with van der Waals surface area (Å²) in [5, 5.41) is 0. The van der Waals surface area contributed by atoms with Gasteiger partial charge in [0.2, 0.25) is 0 Å². The lowest BCUT2D eigenvalue weighted by Crippen LogP contribution is -2.12. The summed E-state index contributed by atoms with van der Waals surface area (Å²) in [5.41, 5.74) is 1.68. The first-order chi connectivity index (χ1) is 12.7. The van der Waals surface area contributed by atoms with Crippen molar-refractivity contribution in [2.24, 2.45) is 0 Å². The van der Waals surface area contributed by atoms with Crippen molar-refractivity contribution < 1.29 is 19.1 Å². The van der Waals surface area contributed by atoms with Crippen LogP contribution in [0.15, 0.2) is 78.9 Å². The number of carbonyl (C=O) groups is 2. The minimum absolute atomic E-state index is 0.102. The van der Waals surface area contributed by atoms with E-state index in [0.29, 0.717) is 16.9 Å². The summed E-state index contributed by atoms with van der Waals surface area (Å²) in [6.07, 6.45) is 0.248. The first kappa shape index (κ1) is 17.4. The van der Waals surface area contributed by atoms with Gasteiger partial charge < -0.3 is 9.47 Å². The molecule has 0 aliphatic rings. The third-order valence-corrected chi connectivity index (χ3v) is 3.92. The highest BCUT2D eigenvalue weighted by atomic mass is 16.5. The van der Waals surface area contributed by atoms with Gasteiger partial charge in [0.05, 0.1) is 18.2 Å². The van der Waals surface area contributed by atoms with Gasteiger partial charge in [-0.05, 0) is 42.0 Å². The van der Waals surface area contributed by atoms with Gasteiger partial charge in [0.15, 0.2) is 5.78 Å². The molecular weight excluding hydrogens is 328 g/mol. The Hall–Kier alpha value is -3.40. The molecule has 0 saturated carbocycles. The van der Waals surface area contributed by atoms with Crippen LogP contribution < -0.4 is 9.47 Å². The van der Waals surface area contributed by atoms with E-state index in [-0.39, 0.29) is 18.0 Å². The number of benzene rings is 3. The predicted molar refractivity (Wildman–Crippen MR) is 98.9 cm³/mol. The zero-order valence-electron chi connectivity index (χ0n) is 14.3. The monoisotopic (exact) mass is 346 g/mol. The van der Waals surface area contributed by atoms with E-state index in [1.807, 2.05) is 30.3 Å². The second-order valence-corrected chi connectivity index (χ2v) is 5.70. The van der Waals surface area contributed by atoms with Gasteiger partial charge in [-0.15, -0.1) is 0 Å². The minimum atomic E-state index is -0.521. The van der Waals surface area contributed by atoms with E-state index in [2.05, 4.69) is 0 Å². The predicted octanol–water partition coefficient (Wildman–Crippen LogP) is 4.34. The molecule has 0 aliphatic carbocycles. The molecule has 0 spiro atoms. The summed E-state index contributed by atoms with van der Waals surface area (Å²) < 4.78 is 10.5. The molecule has 0 saturated heterocycles. The Morgan fingerprint density at radius 3 is 2.15 bits per heavy atom. The highest BCUT2D eigenvalue weighted by Crippen LogP contribution is 2.22. The van der Waals surface area contributed by atoms with E-state index in [1.54, 1.807) is 55.6 Å².